The average Bonchev–Trinajstić information content (AvgIpc) is 2.47. The van der Waals surface area contributed by atoms with E-state index in [4.69, 9.17) is 5.14 Å². The summed E-state index contributed by atoms with van der Waals surface area (Å²) < 4.78 is 35.6. The summed E-state index contributed by atoms with van der Waals surface area (Å²) in [4.78, 5) is 12.0. The molecule has 0 fully saturated rings. The van der Waals surface area contributed by atoms with Crippen LogP contribution in [0.15, 0.2) is 47.4 Å². The molecule has 0 aromatic heterocycles. The van der Waals surface area contributed by atoms with E-state index in [9.17, 15) is 17.6 Å². The first kappa shape index (κ1) is 17.1. The van der Waals surface area contributed by atoms with Crippen molar-refractivity contribution in [1.82, 2.24) is 5.32 Å². The quantitative estimate of drug-likeness (QED) is 0.872. The number of aryl methyl sites for hydroxylation is 1. The van der Waals surface area contributed by atoms with Gasteiger partial charge in [-0.2, -0.15) is 0 Å². The lowest BCUT2D eigenvalue weighted by molar-refractivity contribution is 0.0954. The van der Waals surface area contributed by atoms with Gasteiger partial charge in [0.05, 0.1) is 4.90 Å². The Morgan fingerprint density at radius 1 is 1.17 bits per heavy atom. The number of carbonyl (C=O) groups excluding carboxylic acids is 1. The molecule has 2 aromatic carbocycles. The lowest BCUT2D eigenvalue weighted by Crippen LogP contribution is -2.26. The number of amides is 1. The third-order valence-corrected chi connectivity index (χ3v) is 4.15. The van der Waals surface area contributed by atoms with Crippen LogP contribution < -0.4 is 10.5 Å². The summed E-state index contributed by atoms with van der Waals surface area (Å²) in [6.45, 7) is 2.03. The summed E-state index contributed by atoms with van der Waals surface area (Å²) >= 11 is 0. The molecule has 1 amide bonds. The number of nitrogens with one attached hydrogen (secondary N) is 1. The average molecular weight is 336 g/mol. The minimum atomic E-state index is -3.86. The summed E-state index contributed by atoms with van der Waals surface area (Å²) in [7, 11) is -3.86. The highest BCUT2D eigenvalue weighted by molar-refractivity contribution is 7.89. The number of hydrogen-bond donors (Lipinski definition) is 2. The summed E-state index contributed by atoms with van der Waals surface area (Å²) in [5.41, 5.74) is 1.74. The highest BCUT2D eigenvalue weighted by Gasteiger charge is 2.13. The third kappa shape index (κ3) is 4.87. The molecular formula is C16H17FN2O3S. The molecule has 122 valence electrons. The Labute approximate surface area is 134 Å². The molecule has 23 heavy (non-hydrogen) atoms. The van der Waals surface area contributed by atoms with E-state index in [-0.39, 0.29) is 22.2 Å². The first-order chi connectivity index (χ1) is 10.8. The minimum absolute atomic E-state index is 0.0961. The smallest absolute Gasteiger partial charge is 0.251 e. The lowest BCUT2D eigenvalue weighted by Gasteiger charge is -2.08. The number of halogens is 1. The molecule has 7 heteroatoms. The zero-order chi connectivity index (χ0) is 17.0. The third-order valence-electron chi connectivity index (χ3n) is 3.25. The highest BCUT2D eigenvalue weighted by atomic mass is 32.2. The van der Waals surface area contributed by atoms with Crippen LogP contribution in [0.2, 0.25) is 0 Å². The topological polar surface area (TPSA) is 89.3 Å². The molecule has 0 aliphatic rings. The Morgan fingerprint density at radius 3 is 2.43 bits per heavy atom. The van der Waals surface area contributed by atoms with Gasteiger partial charge in [0.1, 0.15) is 5.82 Å². The van der Waals surface area contributed by atoms with Crippen LogP contribution in [0.5, 0.6) is 0 Å². The van der Waals surface area contributed by atoms with Gasteiger partial charge < -0.3 is 5.32 Å². The number of nitrogens with two attached hydrogens (primary N) is 1. The van der Waals surface area contributed by atoms with E-state index in [0.717, 1.165) is 5.56 Å². The van der Waals surface area contributed by atoms with E-state index in [2.05, 4.69) is 5.32 Å². The van der Waals surface area contributed by atoms with Gasteiger partial charge in [-0.05, 0) is 54.8 Å². The fraction of sp³-hybridized carbons (Fsp3) is 0.188. The second-order valence-corrected chi connectivity index (χ2v) is 6.77. The Balaban J connectivity index is 2.03. The van der Waals surface area contributed by atoms with Crippen LogP contribution in [-0.4, -0.2) is 20.9 Å². The monoisotopic (exact) mass is 336 g/mol. The van der Waals surface area contributed by atoms with Gasteiger partial charge in [0, 0.05) is 12.1 Å². The molecule has 0 aliphatic heterocycles. The summed E-state index contributed by atoms with van der Waals surface area (Å²) in [5.74, 6) is -0.700. The zero-order valence-electron chi connectivity index (χ0n) is 12.5. The number of sulfonamides is 1. The van der Waals surface area contributed by atoms with Crippen LogP contribution >= 0.6 is 0 Å². The Morgan fingerprint density at radius 2 is 1.83 bits per heavy atom. The lowest BCUT2D eigenvalue weighted by atomic mass is 10.1. The number of rotatable bonds is 5. The van der Waals surface area contributed by atoms with Gasteiger partial charge in [-0.1, -0.05) is 12.1 Å². The zero-order valence-corrected chi connectivity index (χ0v) is 13.4. The molecule has 0 spiro atoms. The second-order valence-electron chi connectivity index (χ2n) is 5.21. The van der Waals surface area contributed by atoms with Gasteiger partial charge in [0.2, 0.25) is 10.0 Å². The number of hydrogen-bond acceptors (Lipinski definition) is 3. The van der Waals surface area contributed by atoms with Crippen molar-refractivity contribution in [1.29, 1.82) is 0 Å². The Bertz CT molecular complexity index is 818. The second kappa shape index (κ2) is 6.89. The maximum absolute atomic E-state index is 12.8. The Hall–Kier alpha value is -2.25. The van der Waals surface area contributed by atoms with Crippen molar-refractivity contribution in [2.24, 2.45) is 5.14 Å². The molecule has 0 atom stereocenters. The molecule has 0 unspecified atom stereocenters. The van der Waals surface area contributed by atoms with Crippen molar-refractivity contribution < 1.29 is 17.6 Å². The molecule has 5 nitrogen and oxygen atoms in total. The van der Waals surface area contributed by atoms with Crippen molar-refractivity contribution >= 4 is 15.9 Å². The van der Waals surface area contributed by atoms with Gasteiger partial charge >= 0.3 is 0 Å². The number of carbonyl (C=O) groups is 1. The molecule has 0 radical (unpaired) electrons. The van der Waals surface area contributed by atoms with Gasteiger partial charge in [0.25, 0.3) is 5.91 Å². The van der Waals surface area contributed by atoms with Gasteiger partial charge in [-0.15, -0.1) is 0 Å². The number of primary sulfonamides is 1. The SMILES string of the molecule is Cc1cc(C(=O)NCCc2ccc(F)cc2)cc(S(N)(=O)=O)c1. The first-order valence-corrected chi connectivity index (χ1v) is 8.47. The molecule has 0 saturated carbocycles. The van der Waals surface area contributed by atoms with Crippen molar-refractivity contribution in [3.05, 3.63) is 65.0 Å². The van der Waals surface area contributed by atoms with Crippen molar-refractivity contribution in [2.45, 2.75) is 18.2 Å². The van der Waals surface area contributed by atoms with E-state index < -0.39 is 10.0 Å². The fourth-order valence-electron chi connectivity index (χ4n) is 2.12. The largest absolute Gasteiger partial charge is 0.352 e. The molecule has 0 aliphatic carbocycles. The maximum Gasteiger partial charge on any atom is 0.251 e. The van der Waals surface area contributed by atoms with E-state index in [1.807, 2.05) is 0 Å². The van der Waals surface area contributed by atoms with E-state index in [0.29, 0.717) is 18.5 Å². The predicted molar refractivity (Wildman–Crippen MR) is 85.0 cm³/mol. The van der Waals surface area contributed by atoms with Crippen LogP contribution in [0.4, 0.5) is 4.39 Å². The van der Waals surface area contributed by atoms with Gasteiger partial charge in [-0.3, -0.25) is 4.79 Å². The summed E-state index contributed by atoms with van der Waals surface area (Å²) in [5, 5.41) is 7.79. The predicted octanol–water partition coefficient (Wildman–Crippen LogP) is 1.75. The Kier molecular flexibility index (Phi) is 5.12. The van der Waals surface area contributed by atoms with Crippen LogP contribution in [-0.2, 0) is 16.4 Å². The molecule has 2 rings (SSSR count). The molecule has 0 bridgehead atoms. The van der Waals surface area contributed by atoms with Crippen LogP contribution in [0.3, 0.4) is 0 Å². The van der Waals surface area contributed by atoms with Crippen molar-refractivity contribution in [3.8, 4) is 0 Å². The number of benzene rings is 2. The van der Waals surface area contributed by atoms with E-state index >= 15 is 0 Å². The van der Waals surface area contributed by atoms with Gasteiger partial charge in [-0.25, -0.2) is 17.9 Å². The molecule has 2 aromatic rings. The molecule has 3 N–H and O–H groups in total. The van der Waals surface area contributed by atoms with E-state index in [1.165, 1.54) is 24.3 Å². The van der Waals surface area contributed by atoms with Crippen LogP contribution in [0.1, 0.15) is 21.5 Å². The van der Waals surface area contributed by atoms with Crippen molar-refractivity contribution in [2.75, 3.05) is 6.54 Å². The van der Waals surface area contributed by atoms with E-state index in [1.54, 1.807) is 25.1 Å². The first-order valence-electron chi connectivity index (χ1n) is 6.93. The van der Waals surface area contributed by atoms with Crippen molar-refractivity contribution in [3.63, 3.8) is 0 Å². The maximum atomic E-state index is 12.8. The molecule has 0 saturated heterocycles. The van der Waals surface area contributed by atoms with Gasteiger partial charge in [0.15, 0.2) is 0 Å². The van der Waals surface area contributed by atoms with Crippen LogP contribution in [0, 0.1) is 12.7 Å². The minimum Gasteiger partial charge on any atom is -0.352 e. The standard InChI is InChI=1S/C16H17FN2O3S/c1-11-8-13(10-15(9-11)23(18,21)22)16(20)19-7-6-12-2-4-14(17)5-3-12/h2-5,8-10H,6-7H2,1H3,(H,19,20)(H2,18,21,22). The van der Waals surface area contributed by atoms with Crippen LogP contribution in [0.25, 0.3) is 0 Å². The summed E-state index contributed by atoms with van der Waals surface area (Å²) in [6, 6.07) is 10.2. The normalized spacial score (nSPS) is 11.3. The molecule has 0 heterocycles. The summed E-state index contributed by atoms with van der Waals surface area (Å²) in [6.07, 6.45) is 0.542. The fourth-order valence-corrected chi connectivity index (χ4v) is 2.76. The highest BCUT2D eigenvalue weighted by Crippen LogP contribution is 2.13. The molecular weight excluding hydrogens is 319 g/mol.